The van der Waals surface area contributed by atoms with Crippen LogP contribution in [0.2, 0.25) is 0 Å². The van der Waals surface area contributed by atoms with E-state index in [2.05, 4.69) is 12.2 Å². The van der Waals surface area contributed by atoms with Crippen LogP contribution < -0.4 is 5.32 Å². The van der Waals surface area contributed by atoms with Crippen LogP contribution >= 0.6 is 0 Å². The van der Waals surface area contributed by atoms with E-state index < -0.39 is 0 Å². The highest BCUT2D eigenvalue weighted by Crippen LogP contribution is 2.12. The summed E-state index contributed by atoms with van der Waals surface area (Å²) in [5.41, 5.74) is 1.81. The third-order valence-electron chi connectivity index (χ3n) is 2.92. The van der Waals surface area contributed by atoms with Crippen LogP contribution in [0.1, 0.15) is 30.9 Å². The summed E-state index contributed by atoms with van der Waals surface area (Å²) >= 11 is 0. The van der Waals surface area contributed by atoms with Gasteiger partial charge in [0.1, 0.15) is 5.82 Å². The number of halogens is 1. The second kappa shape index (κ2) is 5.86. The van der Waals surface area contributed by atoms with Crippen molar-refractivity contribution in [3.63, 3.8) is 0 Å². The van der Waals surface area contributed by atoms with E-state index in [1.165, 1.54) is 0 Å². The zero-order valence-electron chi connectivity index (χ0n) is 9.81. The van der Waals surface area contributed by atoms with Crippen molar-refractivity contribution in [2.75, 3.05) is 7.05 Å². The molecule has 0 heterocycles. The first-order valence-electron chi connectivity index (χ1n) is 5.59. The van der Waals surface area contributed by atoms with E-state index in [4.69, 9.17) is 0 Å². The van der Waals surface area contributed by atoms with E-state index in [1.54, 1.807) is 13.0 Å². The molecule has 0 aliphatic heterocycles. The molecule has 0 spiro atoms. The zero-order valence-corrected chi connectivity index (χ0v) is 9.81. The average molecular weight is 209 g/mol. The Bertz CT molecular complexity index is 305. The topological polar surface area (TPSA) is 12.0 Å². The van der Waals surface area contributed by atoms with Gasteiger partial charge in [0.2, 0.25) is 0 Å². The molecule has 1 aromatic rings. The number of hydrogen-bond donors (Lipinski definition) is 1. The number of aryl methyl sites for hydroxylation is 2. The van der Waals surface area contributed by atoms with Crippen LogP contribution in [-0.2, 0) is 6.42 Å². The van der Waals surface area contributed by atoms with Crippen molar-refractivity contribution >= 4 is 0 Å². The van der Waals surface area contributed by atoms with Gasteiger partial charge in [-0.3, -0.25) is 0 Å². The molecule has 0 amide bonds. The Balaban J connectivity index is 2.54. The smallest absolute Gasteiger partial charge is 0.126 e. The Kier molecular flexibility index (Phi) is 4.76. The van der Waals surface area contributed by atoms with Crippen LogP contribution in [0, 0.1) is 12.7 Å². The lowest BCUT2D eigenvalue weighted by Gasteiger charge is -2.13. The highest BCUT2D eigenvalue weighted by molar-refractivity contribution is 5.23. The summed E-state index contributed by atoms with van der Waals surface area (Å²) in [6.45, 7) is 3.96. The molecule has 0 aromatic heterocycles. The van der Waals surface area contributed by atoms with Gasteiger partial charge in [0.05, 0.1) is 0 Å². The van der Waals surface area contributed by atoms with Crippen molar-refractivity contribution in [3.05, 3.63) is 35.1 Å². The van der Waals surface area contributed by atoms with E-state index in [1.807, 2.05) is 19.2 Å². The Labute approximate surface area is 91.7 Å². The lowest BCUT2D eigenvalue weighted by molar-refractivity contribution is 0.508. The van der Waals surface area contributed by atoms with Crippen LogP contribution in [-0.4, -0.2) is 13.1 Å². The maximum Gasteiger partial charge on any atom is 0.126 e. The summed E-state index contributed by atoms with van der Waals surface area (Å²) in [4.78, 5) is 0. The molecule has 0 radical (unpaired) electrons. The van der Waals surface area contributed by atoms with Gasteiger partial charge in [0, 0.05) is 6.04 Å². The predicted octanol–water partition coefficient (Wildman–Crippen LogP) is 3.06. The summed E-state index contributed by atoms with van der Waals surface area (Å²) in [6.07, 6.45) is 3.12. The normalized spacial score (nSPS) is 12.8. The molecule has 0 fully saturated rings. The number of benzene rings is 1. The Morgan fingerprint density at radius 2 is 2.13 bits per heavy atom. The minimum Gasteiger partial charge on any atom is -0.317 e. The molecule has 0 saturated heterocycles. The molecule has 1 nitrogen and oxygen atoms in total. The Morgan fingerprint density at radius 3 is 2.67 bits per heavy atom. The van der Waals surface area contributed by atoms with E-state index in [0.717, 1.165) is 30.4 Å². The maximum atomic E-state index is 13.3. The van der Waals surface area contributed by atoms with Gasteiger partial charge >= 0.3 is 0 Å². The lowest BCUT2D eigenvalue weighted by atomic mass is 10.0. The first-order valence-corrected chi connectivity index (χ1v) is 5.59. The van der Waals surface area contributed by atoms with Crippen molar-refractivity contribution in [2.24, 2.45) is 0 Å². The van der Waals surface area contributed by atoms with E-state index in [9.17, 15) is 4.39 Å². The molecule has 1 N–H and O–H groups in total. The summed E-state index contributed by atoms with van der Waals surface area (Å²) in [7, 11) is 1.98. The maximum absolute atomic E-state index is 13.3. The third-order valence-corrected chi connectivity index (χ3v) is 2.92. The van der Waals surface area contributed by atoms with Gasteiger partial charge in [-0.1, -0.05) is 19.1 Å². The first kappa shape index (κ1) is 12.2. The van der Waals surface area contributed by atoms with Crippen LogP contribution in [0.4, 0.5) is 4.39 Å². The molecule has 0 aliphatic carbocycles. The quantitative estimate of drug-likeness (QED) is 0.786. The van der Waals surface area contributed by atoms with Gasteiger partial charge in [0.15, 0.2) is 0 Å². The van der Waals surface area contributed by atoms with Crippen LogP contribution in [0.25, 0.3) is 0 Å². The second-order valence-corrected chi connectivity index (χ2v) is 4.02. The fourth-order valence-corrected chi connectivity index (χ4v) is 1.69. The molecule has 0 aliphatic rings. The van der Waals surface area contributed by atoms with Crippen molar-refractivity contribution in [1.29, 1.82) is 0 Å². The number of hydrogen-bond acceptors (Lipinski definition) is 1. The monoisotopic (exact) mass is 209 g/mol. The summed E-state index contributed by atoms with van der Waals surface area (Å²) in [6, 6.07) is 6.05. The van der Waals surface area contributed by atoms with Crippen molar-refractivity contribution in [1.82, 2.24) is 5.32 Å². The van der Waals surface area contributed by atoms with Crippen LogP contribution in [0.5, 0.6) is 0 Å². The minimum atomic E-state index is -0.0926. The Morgan fingerprint density at radius 1 is 1.40 bits per heavy atom. The Hall–Kier alpha value is -0.890. The first-order chi connectivity index (χ1) is 7.17. The van der Waals surface area contributed by atoms with Crippen molar-refractivity contribution in [3.8, 4) is 0 Å². The fourth-order valence-electron chi connectivity index (χ4n) is 1.69. The average Bonchev–Trinajstić information content (AvgIpc) is 2.24. The standard InChI is InChI=1S/C13H20FN/c1-4-12(15-3)8-7-11-6-5-10(2)13(14)9-11/h5-6,9,12,15H,4,7-8H2,1-3H3. The van der Waals surface area contributed by atoms with Gasteiger partial charge in [-0.2, -0.15) is 0 Å². The van der Waals surface area contributed by atoms with Crippen LogP contribution in [0.15, 0.2) is 18.2 Å². The van der Waals surface area contributed by atoms with Gasteiger partial charge in [0.25, 0.3) is 0 Å². The molecule has 15 heavy (non-hydrogen) atoms. The summed E-state index contributed by atoms with van der Waals surface area (Å²) < 4.78 is 13.3. The molecule has 84 valence electrons. The highest BCUT2D eigenvalue weighted by atomic mass is 19.1. The van der Waals surface area contributed by atoms with Gasteiger partial charge in [-0.25, -0.2) is 4.39 Å². The van der Waals surface area contributed by atoms with Gasteiger partial charge in [-0.15, -0.1) is 0 Å². The van der Waals surface area contributed by atoms with E-state index in [0.29, 0.717) is 6.04 Å². The molecule has 1 atom stereocenters. The van der Waals surface area contributed by atoms with Crippen LogP contribution in [0.3, 0.4) is 0 Å². The lowest BCUT2D eigenvalue weighted by Crippen LogP contribution is -2.24. The summed E-state index contributed by atoms with van der Waals surface area (Å²) in [5.74, 6) is -0.0926. The van der Waals surface area contributed by atoms with Crippen molar-refractivity contribution in [2.45, 2.75) is 39.2 Å². The van der Waals surface area contributed by atoms with Gasteiger partial charge in [-0.05, 0) is 50.4 Å². The fraction of sp³-hybridized carbons (Fsp3) is 0.538. The summed E-state index contributed by atoms with van der Waals surface area (Å²) in [5, 5.41) is 3.25. The van der Waals surface area contributed by atoms with E-state index >= 15 is 0 Å². The highest BCUT2D eigenvalue weighted by Gasteiger charge is 2.04. The molecule has 1 rings (SSSR count). The molecule has 1 unspecified atom stereocenters. The zero-order chi connectivity index (χ0) is 11.3. The predicted molar refractivity (Wildman–Crippen MR) is 62.6 cm³/mol. The second-order valence-electron chi connectivity index (χ2n) is 4.02. The SMILES string of the molecule is CCC(CCc1ccc(C)c(F)c1)NC. The van der Waals surface area contributed by atoms with E-state index in [-0.39, 0.29) is 5.82 Å². The van der Waals surface area contributed by atoms with Gasteiger partial charge < -0.3 is 5.32 Å². The molecule has 1 aromatic carbocycles. The number of nitrogens with one attached hydrogen (secondary N) is 1. The van der Waals surface area contributed by atoms with Crippen molar-refractivity contribution < 1.29 is 4.39 Å². The molecular formula is C13H20FN. The molecule has 0 saturated carbocycles. The minimum absolute atomic E-state index is 0.0926. The third kappa shape index (κ3) is 3.63. The number of rotatable bonds is 5. The molecular weight excluding hydrogens is 189 g/mol. The largest absolute Gasteiger partial charge is 0.317 e. The molecule has 0 bridgehead atoms. The molecule has 2 heteroatoms.